The van der Waals surface area contributed by atoms with Gasteiger partial charge in [0.25, 0.3) is 0 Å². The van der Waals surface area contributed by atoms with Crippen molar-refractivity contribution in [1.29, 1.82) is 0 Å². The van der Waals surface area contributed by atoms with Gasteiger partial charge in [0.1, 0.15) is 0 Å². The number of carbonyl (C=O) groups is 1. The molecule has 0 aromatic carbocycles. The monoisotopic (exact) mass is 177 g/mol. The molecule has 0 aromatic heterocycles. The van der Waals surface area contributed by atoms with Gasteiger partial charge in [0.05, 0.1) is 0 Å². The van der Waals surface area contributed by atoms with Crippen LogP contribution in [0.3, 0.4) is 0 Å². The molecule has 1 amide bonds. The average Bonchev–Trinajstić information content (AvgIpc) is 1.59. The van der Waals surface area contributed by atoms with Crippen molar-refractivity contribution in [3.8, 4) is 0 Å². The Morgan fingerprint density at radius 2 is 2.25 bits per heavy atom. The molecule has 48 valence electrons. The third-order valence-corrected chi connectivity index (χ3v) is 1.13. The van der Waals surface area contributed by atoms with Gasteiger partial charge in [0.15, 0.2) is 0 Å². The van der Waals surface area contributed by atoms with Crippen molar-refractivity contribution in [2.24, 2.45) is 0 Å². The van der Waals surface area contributed by atoms with Crippen molar-refractivity contribution < 1.29 is 9.18 Å². The minimum atomic E-state index is -2.43. The van der Waals surface area contributed by atoms with Crippen molar-refractivity contribution in [3.05, 3.63) is 0 Å². The molecule has 1 N–H and O–H groups in total. The third-order valence-electron chi connectivity index (χ3n) is 0.223. The predicted octanol–water partition coefficient (Wildman–Crippen LogP) is 1.44. The fourth-order valence-corrected chi connectivity index (χ4v) is 0.540. The van der Waals surface area contributed by atoms with Crippen LogP contribution in [0.25, 0.3) is 0 Å². The molecule has 0 unspecified atom stereocenters. The zero-order chi connectivity index (χ0) is 6.62. The lowest BCUT2D eigenvalue weighted by Gasteiger charge is -2.03. The zero-order valence-corrected chi connectivity index (χ0v) is 5.86. The lowest BCUT2D eigenvalue weighted by molar-refractivity contribution is -0.107. The SMILES string of the molecule is O=CNSC(F)(Cl)Cl. The average molecular weight is 178 g/mol. The van der Waals surface area contributed by atoms with Crippen LogP contribution in [0.2, 0.25) is 0 Å². The van der Waals surface area contributed by atoms with Crippen LogP contribution in [0.5, 0.6) is 0 Å². The van der Waals surface area contributed by atoms with Crippen LogP contribution in [-0.4, -0.2) is 10.3 Å². The van der Waals surface area contributed by atoms with E-state index in [2.05, 4.69) is 0 Å². The Morgan fingerprint density at radius 1 is 1.75 bits per heavy atom. The van der Waals surface area contributed by atoms with Gasteiger partial charge >= 0.3 is 3.92 Å². The highest BCUT2D eigenvalue weighted by Gasteiger charge is 2.22. The Hall–Kier alpha value is 0.330. The number of hydrogen-bond acceptors (Lipinski definition) is 2. The van der Waals surface area contributed by atoms with E-state index in [9.17, 15) is 9.18 Å². The van der Waals surface area contributed by atoms with Crippen LogP contribution in [0.4, 0.5) is 4.39 Å². The maximum atomic E-state index is 11.8. The van der Waals surface area contributed by atoms with Gasteiger partial charge in [0.2, 0.25) is 6.41 Å². The standard InChI is InChI=1S/C2H2Cl2FNOS/c3-2(4,5)8-6-1-7/h1H,(H,6,7). The van der Waals surface area contributed by atoms with Crippen LogP contribution in [0, 0.1) is 0 Å². The number of amides is 1. The molecule has 6 heteroatoms. The van der Waals surface area contributed by atoms with Gasteiger partial charge in [-0.05, 0) is 0 Å². The number of halogens is 3. The van der Waals surface area contributed by atoms with Gasteiger partial charge in [-0.1, -0.05) is 23.2 Å². The smallest absolute Gasteiger partial charge is 0.298 e. The largest absolute Gasteiger partial charge is 0.323 e. The quantitative estimate of drug-likeness (QED) is 0.402. The first kappa shape index (κ1) is 8.33. The van der Waals surface area contributed by atoms with E-state index in [0.29, 0.717) is 0 Å². The summed E-state index contributed by atoms with van der Waals surface area (Å²) >= 11 is 9.78. The lowest BCUT2D eigenvalue weighted by Crippen LogP contribution is -2.08. The van der Waals surface area contributed by atoms with Crippen LogP contribution in [-0.2, 0) is 4.79 Å². The zero-order valence-electron chi connectivity index (χ0n) is 3.53. The number of carbonyl (C=O) groups excluding carboxylic acids is 1. The Labute approximate surface area is 59.8 Å². The fraction of sp³-hybridized carbons (Fsp3) is 0.500. The van der Waals surface area contributed by atoms with E-state index in [-0.39, 0.29) is 18.4 Å². The minimum Gasteiger partial charge on any atom is -0.298 e. The fourth-order valence-electron chi connectivity index (χ4n) is 0.0909. The molecule has 0 heterocycles. The molecule has 0 spiro atoms. The molecule has 0 radical (unpaired) electrons. The molecule has 0 aliphatic carbocycles. The lowest BCUT2D eigenvalue weighted by atomic mass is 11.5. The summed E-state index contributed by atoms with van der Waals surface area (Å²) in [6, 6.07) is 0. The van der Waals surface area contributed by atoms with Gasteiger partial charge in [-0.15, -0.1) is 0 Å². The molecule has 0 aromatic rings. The second kappa shape index (κ2) is 3.37. The summed E-state index contributed by atoms with van der Waals surface area (Å²) in [4.78, 5) is 9.44. The molecule has 0 atom stereocenters. The summed E-state index contributed by atoms with van der Waals surface area (Å²) in [7, 11) is 0. The molecule has 0 bridgehead atoms. The van der Waals surface area contributed by atoms with Gasteiger partial charge in [0, 0.05) is 11.9 Å². The van der Waals surface area contributed by atoms with E-state index in [0.717, 1.165) is 0 Å². The second-order valence-electron chi connectivity index (χ2n) is 0.784. The van der Waals surface area contributed by atoms with Crippen LogP contribution < -0.4 is 4.72 Å². The second-order valence-corrected chi connectivity index (χ2v) is 3.47. The molecule has 0 fully saturated rings. The number of nitrogens with one attached hydrogen (secondary N) is 1. The summed E-state index contributed by atoms with van der Waals surface area (Å²) in [6.07, 6.45) is 0.282. The Morgan fingerprint density at radius 3 is 2.38 bits per heavy atom. The first-order valence-corrected chi connectivity index (χ1v) is 3.07. The summed E-state index contributed by atoms with van der Waals surface area (Å²) in [5.74, 6) is 0. The Kier molecular flexibility index (Phi) is 3.51. The Bertz CT molecular complexity index is 84.6. The van der Waals surface area contributed by atoms with Crippen LogP contribution >= 0.6 is 35.1 Å². The number of alkyl halides is 3. The van der Waals surface area contributed by atoms with Gasteiger partial charge in [-0.25, -0.2) is 0 Å². The van der Waals surface area contributed by atoms with Crippen LogP contribution in [0.1, 0.15) is 0 Å². The van der Waals surface area contributed by atoms with Crippen molar-refractivity contribution in [2.45, 2.75) is 3.92 Å². The summed E-state index contributed by atoms with van der Waals surface area (Å²) in [5.41, 5.74) is 0. The van der Waals surface area contributed by atoms with Crippen LogP contribution in [0.15, 0.2) is 0 Å². The van der Waals surface area contributed by atoms with Crippen molar-refractivity contribution in [2.75, 3.05) is 0 Å². The summed E-state index contributed by atoms with van der Waals surface area (Å²) in [6.45, 7) is 0. The number of hydrogen-bond donors (Lipinski definition) is 1. The van der Waals surface area contributed by atoms with E-state index in [1.807, 2.05) is 4.72 Å². The highest BCUT2D eigenvalue weighted by molar-refractivity contribution is 8.01. The Balaban J connectivity index is 3.24. The highest BCUT2D eigenvalue weighted by atomic mass is 35.5. The van der Waals surface area contributed by atoms with Gasteiger partial charge in [-0.2, -0.15) is 4.39 Å². The van der Waals surface area contributed by atoms with E-state index < -0.39 is 3.92 Å². The molecular formula is C2H2Cl2FNOS. The van der Waals surface area contributed by atoms with E-state index in [1.165, 1.54) is 0 Å². The van der Waals surface area contributed by atoms with Gasteiger partial charge in [-0.3, -0.25) is 9.52 Å². The highest BCUT2D eigenvalue weighted by Crippen LogP contribution is 2.32. The maximum Gasteiger partial charge on any atom is 0.323 e. The molecule has 2 nitrogen and oxygen atoms in total. The maximum absolute atomic E-state index is 11.8. The normalized spacial score (nSPS) is 10.9. The molecule has 0 rings (SSSR count). The molecule has 0 saturated heterocycles. The molecule has 0 saturated carbocycles. The molecule has 0 aliphatic rings. The minimum absolute atomic E-state index is 0.280. The van der Waals surface area contributed by atoms with E-state index in [1.54, 1.807) is 0 Å². The summed E-state index contributed by atoms with van der Waals surface area (Å²) in [5, 5.41) is 0. The first-order valence-electron chi connectivity index (χ1n) is 1.50. The third kappa shape index (κ3) is 6.33. The topological polar surface area (TPSA) is 29.1 Å². The van der Waals surface area contributed by atoms with Crippen molar-refractivity contribution >= 4 is 41.6 Å². The molecule has 0 aliphatic heterocycles. The van der Waals surface area contributed by atoms with Crippen molar-refractivity contribution in [3.63, 3.8) is 0 Å². The molecule has 8 heavy (non-hydrogen) atoms. The van der Waals surface area contributed by atoms with E-state index in [4.69, 9.17) is 23.2 Å². The summed E-state index contributed by atoms with van der Waals surface area (Å²) < 4.78 is 11.3. The molecular weight excluding hydrogens is 176 g/mol. The predicted molar refractivity (Wildman–Crippen MR) is 32.3 cm³/mol. The van der Waals surface area contributed by atoms with Crippen molar-refractivity contribution in [1.82, 2.24) is 4.72 Å². The van der Waals surface area contributed by atoms with Gasteiger partial charge < -0.3 is 0 Å². The number of rotatable bonds is 3. The first-order chi connectivity index (χ1) is 3.56. The van der Waals surface area contributed by atoms with E-state index >= 15 is 0 Å².